The third-order valence-electron chi connectivity index (χ3n) is 3.71. The van der Waals surface area contributed by atoms with Crippen LogP contribution in [0.15, 0.2) is 22.7 Å². The Morgan fingerprint density at radius 2 is 1.63 bits per heavy atom. The predicted octanol–water partition coefficient (Wildman–Crippen LogP) is 5.94. The van der Waals surface area contributed by atoms with Gasteiger partial charge in [-0.15, -0.1) is 0 Å². The van der Waals surface area contributed by atoms with Crippen LogP contribution in [0.2, 0.25) is 0 Å². The number of hydrogen-bond donors (Lipinski definition) is 0. The van der Waals surface area contributed by atoms with E-state index in [0.717, 1.165) is 41.5 Å². The van der Waals surface area contributed by atoms with E-state index in [1.54, 1.807) is 7.11 Å². The molecule has 0 fully saturated rings. The third kappa shape index (κ3) is 10.2. The molecule has 2 rings (SSSR count). The van der Waals surface area contributed by atoms with E-state index >= 15 is 0 Å². The summed E-state index contributed by atoms with van der Waals surface area (Å²) in [6.07, 6.45) is 0. The zero-order valence-electron chi connectivity index (χ0n) is 19.6. The summed E-state index contributed by atoms with van der Waals surface area (Å²) < 4.78 is 10.4. The number of ether oxygens (including phenoxy) is 1. The Hall–Kier alpha value is -1.75. The second-order valence-electron chi connectivity index (χ2n) is 6.13. The number of aromatic nitrogens is 1. The lowest BCUT2D eigenvalue weighted by molar-refractivity contribution is 0.310. The molecule has 0 saturated carbocycles. The molecule has 5 heteroatoms. The molecule has 0 aliphatic rings. The van der Waals surface area contributed by atoms with Gasteiger partial charge in [0.15, 0.2) is 11.4 Å². The van der Waals surface area contributed by atoms with E-state index in [-0.39, 0.29) is 0 Å². The van der Waals surface area contributed by atoms with E-state index < -0.39 is 0 Å². The minimum Gasteiger partial charge on any atom is -0.497 e. The molecule has 1 aromatic heterocycles. The normalized spacial score (nSPS) is 9.67. The maximum atomic E-state index is 5.22. The quantitative estimate of drug-likeness (QED) is 0.619. The average molecular weight is 382 g/mol. The van der Waals surface area contributed by atoms with Gasteiger partial charge in [0.05, 0.1) is 12.5 Å². The van der Waals surface area contributed by atoms with Crippen LogP contribution in [0.3, 0.4) is 0 Å². The monoisotopic (exact) mass is 381 g/mol. The fraction of sp³-hybridized carbons (Fsp3) is 0.682. The van der Waals surface area contributed by atoms with E-state index in [0.29, 0.717) is 0 Å². The van der Waals surface area contributed by atoms with Gasteiger partial charge >= 0.3 is 0 Å². The maximum absolute atomic E-state index is 5.22. The Kier molecular flexibility index (Phi) is 16.7. The molecule has 0 spiro atoms. The summed E-state index contributed by atoms with van der Waals surface area (Å²) in [4.78, 5) is 4.36. The lowest BCUT2D eigenvalue weighted by Gasteiger charge is -2.15. The zero-order valence-corrected chi connectivity index (χ0v) is 19.6. The Labute approximate surface area is 167 Å². The van der Waals surface area contributed by atoms with Crippen LogP contribution in [0, 0.1) is 5.92 Å². The molecule has 2 aromatic rings. The minimum atomic E-state index is 0.783. The fourth-order valence-electron chi connectivity index (χ4n) is 2.21. The molecule has 1 aromatic carbocycles. The van der Waals surface area contributed by atoms with E-state index in [9.17, 15) is 0 Å². The number of rotatable bonds is 6. The molecule has 0 aliphatic heterocycles. The number of benzene rings is 1. The minimum absolute atomic E-state index is 0.783. The van der Waals surface area contributed by atoms with Crippen LogP contribution in [0.5, 0.6) is 5.75 Å². The number of nitrogens with zero attached hydrogens (tertiary/aromatic N) is 3. The fourth-order valence-corrected chi connectivity index (χ4v) is 2.21. The summed E-state index contributed by atoms with van der Waals surface area (Å²) >= 11 is 0. The van der Waals surface area contributed by atoms with E-state index in [4.69, 9.17) is 9.26 Å². The van der Waals surface area contributed by atoms with Crippen molar-refractivity contribution in [3.63, 3.8) is 0 Å². The highest BCUT2D eigenvalue weighted by Gasteiger charge is 2.11. The molecule has 5 nitrogen and oxygen atoms in total. The van der Waals surface area contributed by atoms with Gasteiger partial charge < -0.3 is 19.1 Å². The second-order valence-corrected chi connectivity index (χ2v) is 6.13. The molecule has 0 radical (unpaired) electrons. The standard InChI is InChI=1S/C11H14N2O2.C7H17N.2C2H6/c1-4-13(2)11-9-7-8(14-3)5-6-10(9)15-12-11;1-5-8(4)6-7(2)3;2*1-2/h5-7H,4H2,1-3H3;7H,5-6H2,1-4H3;2*1-2H3. The molecule has 1 heterocycles. The van der Waals surface area contributed by atoms with Crippen LogP contribution < -0.4 is 9.64 Å². The van der Waals surface area contributed by atoms with Gasteiger partial charge in [0.2, 0.25) is 0 Å². The summed E-state index contributed by atoms with van der Waals surface area (Å²) in [5.74, 6) is 2.47. The van der Waals surface area contributed by atoms with Gasteiger partial charge in [-0.3, -0.25) is 0 Å². The lowest BCUT2D eigenvalue weighted by atomic mass is 10.2. The first-order chi connectivity index (χ1) is 12.9. The highest BCUT2D eigenvalue weighted by Crippen LogP contribution is 2.28. The van der Waals surface area contributed by atoms with Crippen LogP contribution in [-0.2, 0) is 0 Å². The molecule has 27 heavy (non-hydrogen) atoms. The van der Waals surface area contributed by atoms with Crippen molar-refractivity contribution in [1.29, 1.82) is 0 Å². The van der Waals surface area contributed by atoms with Gasteiger partial charge in [-0.2, -0.15) is 0 Å². The van der Waals surface area contributed by atoms with Crippen molar-refractivity contribution in [2.75, 3.05) is 45.7 Å². The summed E-state index contributed by atoms with van der Waals surface area (Å²) in [5.41, 5.74) is 0.783. The van der Waals surface area contributed by atoms with Crippen LogP contribution >= 0.6 is 0 Å². The first-order valence-electron chi connectivity index (χ1n) is 10.3. The zero-order chi connectivity index (χ0) is 21.4. The van der Waals surface area contributed by atoms with Gasteiger partial charge in [-0.1, -0.05) is 53.6 Å². The largest absolute Gasteiger partial charge is 0.497 e. The van der Waals surface area contributed by atoms with Gasteiger partial charge in [0, 0.05) is 20.1 Å². The molecule has 158 valence electrons. The van der Waals surface area contributed by atoms with Gasteiger partial charge in [-0.05, 0) is 44.6 Å². The van der Waals surface area contributed by atoms with Crippen LogP contribution in [0.25, 0.3) is 11.0 Å². The van der Waals surface area contributed by atoms with Crippen molar-refractivity contribution >= 4 is 16.8 Å². The molecule has 0 unspecified atom stereocenters. The Morgan fingerprint density at radius 3 is 2.04 bits per heavy atom. The number of anilines is 1. The Morgan fingerprint density at radius 1 is 1.04 bits per heavy atom. The lowest BCUT2D eigenvalue weighted by Crippen LogP contribution is -2.22. The second kappa shape index (κ2) is 16.4. The Bertz CT molecular complexity index is 582. The van der Waals surface area contributed by atoms with Gasteiger partial charge in [0.25, 0.3) is 0 Å². The predicted molar refractivity (Wildman–Crippen MR) is 120 cm³/mol. The topological polar surface area (TPSA) is 41.7 Å². The summed E-state index contributed by atoms with van der Waals surface area (Å²) in [5, 5.41) is 5.02. The van der Waals surface area contributed by atoms with Crippen molar-refractivity contribution in [2.45, 2.75) is 55.4 Å². The number of methoxy groups -OCH3 is 1. The molecule has 0 bridgehead atoms. The maximum Gasteiger partial charge on any atom is 0.179 e. The number of fused-ring (bicyclic) bond motifs is 1. The first kappa shape index (κ1) is 27.5. The Balaban J connectivity index is 0. The van der Waals surface area contributed by atoms with Crippen LogP contribution in [0.1, 0.15) is 55.4 Å². The molecular weight excluding hydrogens is 338 g/mol. The summed E-state index contributed by atoms with van der Waals surface area (Å²) in [6.45, 7) is 20.0. The van der Waals surface area contributed by atoms with E-state index in [2.05, 4.69) is 44.8 Å². The summed E-state index contributed by atoms with van der Waals surface area (Å²) in [7, 11) is 5.79. The number of hydrogen-bond acceptors (Lipinski definition) is 5. The molecule has 0 amide bonds. The highest BCUT2D eigenvalue weighted by atomic mass is 16.5. The first-order valence-corrected chi connectivity index (χ1v) is 10.3. The van der Waals surface area contributed by atoms with Crippen LogP contribution in [-0.4, -0.2) is 50.9 Å². The van der Waals surface area contributed by atoms with Crippen molar-refractivity contribution in [3.8, 4) is 5.75 Å². The summed E-state index contributed by atoms with van der Waals surface area (Å²) in [6, 6.07) is 5.67. The van der Waals surface area contributed by atoms with Crippen LogP contribution in [0.4, 0.5) is 5.82 Å². The molecule has 0 saturated heterocycles. The van der Waals surface area contributed by atoms with Crippen molar-refractivity contribution in [2.24, 2.45) is 5.92 Å². The van der Waals surface area contributed by atoms with Gasteiger partial charge in [-0.25, -0.2) is 0 Å². The smallest absolute Gasteiger partial charge is 0.179 e. The molecule has 0 atom stereocenters. The van der Waals surface area contributed by atoms with E-state index in [1.807, 2.05) is 57.8 Å². The van der Waals surface area contributed by atoms with Crippen molar-refractivity contribution < 1.29 is 9.26 Å². The molecular formula is C22H43N3O2. The SMILES string of the molecule is CC.CC.CCN(C)CC(C)C.CCN(C)c1noc2ccc(OC)cc12. The molecule has 0 aliphatic carbocycles. The van der Waals surface area contributed by atoms with Gasteiger partial charge in [0.1, 0.15) is 5.75 Å². The van der Waals surface area contributed by atoms with E-state index in [1.165, 1.54) is 6.54 Å². The third-order valence-corrected chi connectivity index (χ3v) is 3.71. The van der Waals surface area contributed by atoms with Crippen molar-refractivity contribution in [3.05, 3.63) is 18.2 Å². The average Bonchev–Trinajstić information content (AvgIpc) is 3.13. The van der Waals surface area contributed by atoms with Crippen molar-refractivity contribution in [1.82, 2.24) is 10.1 Å². The highest BCUT2D eigenvalue weighted by molar-refractivity contribution is 5.89. The molecule has 0 N–H and O–H groups in total.